The molecule has 0 bridgehead atoms. The van der Waals surface area contributed by atoms with Gasteiger partial charge in [0.1, 0.15) is 0 Å². The first-order chi connectivity index (χ1) is 8.93. The van der Waals surface area contributed by atoms with Crippen LogP contribution in [0, 0.1) is 5.92 Å². The van der Waals surface area contributed by atoms with Gasteiger partial charge < -0.3 is 9.47 Å². The zero-order valence-corrected chi connectivity index (χ0v) is 12.8. The van der Waals surface area contributed by atoms with Gasteiger partial charge in [0, 0.05) is 24.4 Å². The molecule has 0 rings (SSSR count). The molecule has 110 valence electrons. The molecular formula is C15H27NO3. The van der Waals surface area contributed by atoms with Crippen LogP contribution in [0.25, 0.3) is 0 Å². The minimum Gasteiger partial charge on any atom is -0.461 e. The van der Waals surface area contributed by atoms with E-state index in [2.05, 4.69) is 18.5 Å². The van der Waals surface area contributed by atoms with Crippen LogP contribution in [0.15, 0.2) is 17.8 Å². The van der Waals surface area contributed by atoms with Crippen molar-refractivity contribution in [3.63, 3.8) is 0 Å². The van der Waals surface area contributed by atoms with Gasteiger partial charge in [0.2, 0.25) is 0 Å². The molecule has 0 aromatic rings. The van der Waals surface area contributed by atoms with E-state index in [0.717, 1.165) is 18.6 Å². The highest BCUT2D eigenvalue weighted by Crippen LogP contribution is 2.14. The summed E-state index contributed by atoms with van der Waals surface area (Å²) >= 11 is 0. The normalized spacial score (nSPS) is 15.2. The molecule has 0 heterocycles. The monoisotopic (exact) mass is 269 g/mol. The van der Waals surface area contributed by atoms with Crippen LogP contribution in [-0.2, 0) is 14.3 Å². The highest BCUT2D eigenvalue weighted by Gasteiger charge is 2.29. The molecule has 0 aliphatic heterocycles. The quantitative estimate of drug-likeness (QED) is 0.366. The third kappa shape index (κ3) is 7.11. The number of hydrogen-bond donors (Lipinski definition) is 0. The minimum absolute atomic E-state index is 0.124. The van der Waals surface area contributed by atoms with Crippen molar-refractivity contribution < 1.29 is 14.3 Å². The van der Waals surface area contributed by atoms with Gasteiger partial charge in [-0.05, 0) is 27.2 Å². The Morgan fingerprint density at radius 1 is 1.37 bits per heavy atom. The number of nitrogens with zero attached hydrogens (tertiary/aromatic N) is 1. The number of unbranched alkanes of at least 4 members (excludes halogenated alkanes) is 1. The molecule has 0 N–H and O–H groups in total. The van der Waals surface area contributed by atoms with E-state index in [0.29, 0.717) is 6.61 Å². The topological polar surface area (TPSA) is 47.9 Å². The number of rotatable bonds is 9. The fraction of sp³-hybridized carbons (Fsp3) is 0.733. The van der Waals surface area contributed by atoms with Gasteiger partial charge >= 0.3 is 5.97 Å². The van der Waals surface area contributed by atoms with Crippen molar-refractivity contribution in [1.82, 2.24) is 0 Å². The summed E-state index contributed by atoms with van der Waals surface area (Å²) in [5, 5.41) is 0. The summed E-state index contributed by atoms with van der Waals surface area (Å²) in [6.07, 6.45) is 2.68. The molecule has 0 spiro atoms. The largest absolute Gasteiger partial charge is 0.461 e. The number of carbonyl (C=O) groups excluding carboxylic acids is 1. The summed E-state index contributed by atoms with van der Waals surface area (Å²) in [6, 6.07) is 0. The minimum atomic E-state index is -0.599. The molecule has 0 saturated heterocycles. The summed E-state index contributed by atoms with van der Waals surface area (Å²) in [4.78, 5) is 16.2. The molecule has 0 aromatic carbocycles. The fourth-order valence-corrected chi connectivity index (χ4v) is 1.55. The second-order valence-electron chi connectivity index (χ2n) is 4.87. The van der Waals surface area contributed by atoms with Crippen molar-refractivity contribution in [2.45, 2.75) is 59.7 Å². The highest BCUT2D eigenvalue weighted by atomic mass is 16.6. The summed E-state index contributed by atoms with van der Waals surface area (Å²) in [5.74, 6) is -0.446. The van der Waals surface area contributed by atoms with Gasteiger partial charge in [0.15, 0.2) is 6.10 Å². The van der Waals surface area contributed by atoms with Gasteiger partial charge in [-0.1, -0.05) is 26.8 Å². The number of aliphatic imine (C=N–C) groups is 1. The van der Waals surface area contributed by atoms with Crippen LogP contribution >= 0.6 is 0 Å². The lowest BCUT2D eigenvalue weighted by Crippen LogP contribution is -2.37. The Morgan fingerprint density at radius 3 is 2.47 bits per heavy atom. The van der Waals surface area contributed by atoms with E-state index in [1.54, 1.807) is 0 Å². The summed E-state index contributed by atoms with van der Waals surface area (Å²) in [6.45, 7) is 13.6. The van der Waals surface area contributed by atoms with Gasteiger partial charge in [-0.2, -0.15) is 0 Å². The molecule has 0 aliphatic rings. The van der Waals surface area contributed by atoms with Crippen LogP contribution in [-0.4, -0.2) is 30.5 Å². The molecule has 0 fully saturated rings. The van der Waals surface area contributed by atoms with E-state index in [-0.39, 0.29) is 18.0 Å². The molecule has 4 nitrogen and oxygen atoms in total. The fourth-order valence-electron chi connectivity index (χ4n) is 1.55. The van der Waals surface area contributed by atoms with Crippen molar-refractivity contribution in [1.29, 1.82) is 0 Å². The Labute approximate surface area is 116 Å². The molecule has 19 heavy (non-hydrogen) atoms. The maximum Gasteiger partial charge on any atom is 0.336 e. The predicted molar refractivity (Wildman–Crippen MR) is 78.3 cm³/mol. The number of hydrogen-bond acceptors (Lipinski definition) is 4. The van der Waals surface area contributed by atoms with E-state index < -0.39 is 6.10 Å². The standard InChI is InChI=1S/C15H27NO3/c1-7-9-10-18-14(15(17)19-11(3)4)12(5)13(6)16-8-2/h8,11-12,14H,2,7,9-10H2,1,3-6H3/t12?,14-/m0/s1. The Balaban J connectivity index is 4.78. The van der Waals surface area contributed by atoms with Crippen LogP contribution in [0.5, 0.6) is 0 Å². The molecule has 4 heteroatoms. The van der Waals surface area contributed by atoms with Crippen LogP contribution in [0.3, 0.4) is 0 Å². The van der Waals surface area contributed by atoms with E-state index in [1.165, 1.54) is 6.20 Å². The van der Waals surface area contributed by atoms with Crippen LogP contribution in [0.2, 0.25) is 0 Å². The second-order valence-corrected chi connectivity index (χ2v) is 4.87. The second kappa shape index (κ2) is 9.73. The molecule has 2 atom stereocenters. The third-order valence-electron chi connectivity index (χ3n) is 2.79. The van der Waals surface area contributed by atoms with Crippen LogP contribution in [0.4, 0.5) is 0 Å². The molecular weight excluding hydrogens is 242 g/mol. The summed E-state index contributed by atoms with van der Waals surface area (Å²) in [5.41, 5.74) is 0.817. The number of carbonyl (C=O) groups is 1. The first-order valence-corrected chi connectivity index (χ1v) is 6.91. The Morgan fingerprint density at radius 2 is 2.00 bits per heavy atom. The third-order valence-corrected chi connectivity index (χ3v) is 2.79. The van der Waals surface area contributed by atoms with E-state index in [9.17, 15) is 4.79 Å². The van der Waals surface area contributed by atoms with Crippen molar-refractivity contribution in [2.24, 2.45) is 10.9 Å². The van der Waals surface area contributed by atoms with Gasteiger partial charge in [-0.3, -0.25) is 4.99 Å². The molecule has 0 amide bonds. The van der Waals surface area contributed by atoms with Gasteiger partial charge in [0.25, 0.3) is 0 Å². The number of esters is 1. The van der Waals surface area contributed by atoms with Gasteiger partial charge in [-0.15, -0.1) is 0 Å². The Bertz CT molecular complexity index is 311. The molecule has 0 aliphatic carbocycles. The van der Waals surface area contributed by atoms with Gasteiger partial charge in [0.05, 0.1) is 6.10 Å². The maximum absolute atomic E-state index is 12.1. The molecule has 1 unspecified atom stereocenters. The predicted octanol–water partition coefficient (Wildman–Crippen LogP) is 3.36. The SMILES string of the molecule is C=CN=C(C)C(C)[C@H](OCCCC)C(=O)OC(C)C. The van der Waals surface area contributed by atoms with Crippen molar-refractivity contribution in [3.8, 4) is 0 Å². The average Bonchev–Trinajstić information content (AvgIpc) is 2.33. The van der Waals surface area contributed by atoms with Gasteiger partial charge in [-0.25, -0.2) is 4.79 Å². The van der Waals surface area contributed by atoms with Crippen LogP contribution in [0.1, 0.15) is 47.5 Å². The molecule has 0 radical (unpaired) electrons. The Hall–Kier alpha value is -1.16. The van der Waals surface area contributed by atoms with Crippen molar-refractivity contribution in [3.05, 3.63) is 12.8 Å². The smallest absolute Gasteiger partial charge is 0.336 e. The lowest BCUT2D eigenvalue weighted by atomic mass is 9.99. The highest BCUT2D eigenvalue weighted by molar-refractivity contribution is 5.90. The first-order valence-electron chi connectivity index (χ1n) is 6.91. The van der Waals surface area contributed by atoms with E-state index >= 15 is 0 Å². The summed E-state index contributed by atoms with van der Waals surface area (Å²) < 4.78 is 10.9. The van der Waals surface area contributed by atoms with Crippen molar-refractivity contribution >= 4 is 11.7 Å². The zero-order valence-electron chi connectivity index (χ0n) is 12.8. The molecule has 0 saturated carbocycles. The van der Waals surface area contributed by atoms with Crippen molar-refractivity contribution in [2.75, 3.05) is 6.61 Å². The number of ether oxygens (including phenoxy) is 2. The molecule has 0 aromatic heterocycles. The maximum atomic E-state index is 12.1. The lowest BCUT2D eigenvalue weighted by Gasteiger charge is -2.23. The summed E-state index contributed by atoms with van der Waals surface area (Å²) in [7, 11) is 0. The first kappa shape index (κ1) is 17.8. The van der Waals surface area contributed by atoms with E-state index in [1.807, 2.05) is 27.7 Å². The van der Waals surface area contributed by atoms with Crippen LogP contribution < -0.4 is 0 Å². The van der Waals surface area contributed by atoms with E-state index in [4.69, 9.17) is 9.47 Å². The average molecular weight is 269 g/mol. The zero-order chi connectivity index (χ0) is 14.8. The lowest BCUT2D eigenvalue weighted by molar-refractivity contribution is -0.163. The Kier molecular flexibility index (Phi) is 9.13.